The maximum atomic E-state index is 12.2. The second-order valence-corrected chi connectivity index (χ2v) is 6.65. The second kappa shape index (κ2) is 8.11. The number of rotatable bonds is 6. The van der Waals surface area contributed by atoms with Gasteiger partial charge in [0.1, 0.15) is 12.4 Å². The minimum Gasteiger partial charge on any atom is -0.355 e. The Morgan fingerprint density at radius 3 is 2.96 bits per heavy atom. The fourth-order valence-electron chi connectivity index (χ4n) is 3.42. The third-order valence-corrected chi connectivity index (χ3v) is 4.66. The molecule has 1 fully saturated rings. The van der Waals surface area contributed by atoms with E-state index in [2.05, 4.69) is 22.2 Å². The van der Waals surface area contributed by atoms with Crippen molar-refractivity contribution >= 4 is 5.91 Å². The van der Waals surface area contributed by atoms with Gasteiger partial charge in [0.15, 0.2) is 0 Å². The van der Waals surface area contributed by atoms with E-state index in [1.54, 1.807) is 6.20 Å². The number of hydrogen-bond donors (Lipinski definition) is 1. The molecule has 0 saturated carbocycles. The molecule has 5 heteroatoms. The molecule has 1 aliphatic heterocycles. The number of nitrogens with zero attached hydrogens (tertiary/aromatic N) is 3. The highest BCUT2D eigenvalue weighted by Crippen LogP contribution is 2.18. The van der Waals surface area contributed by atoms with Crippen molar-refractivity contribution in [3.8, 4) is 11.4 Å². The maximum absolute atomic E-state index is 12.2. The first-order valence-electron chi connectivity index (χ1n) is 8.74. The van der Waals surface area contributed by atoms with Gasteiger partial charge in [0.05, 0.1) is 0 Å². The summed E-state index contributed by atoms with van der Waals surface area (Å²) in [5.74, 6) is 1.59. The van der Waals surface area contributed by atoms with Crippen molar-refractivity contribution in [1.82, 2.24) is 19.8 Å². The third kappa shape index (κ3) is 4.45. The Kier molecular flexibility index (Phi) is 5.64. The van der Waals surface area contributed by atoms with Gasteiger partial charge in [0.25, 0.3) is 0 Å². The van der Waals surface area contributed by atoms with E-state index in [1.807, 2.05) is 41.1 Å². The Hall–Kier alpha value is -2.14. The van der Waals surface area contributed by atoms with Gasteiger partial charge in [-0.25, -0.2) is 4.98 Å². The molecule has 5 nitrogen and oxygen atoms in total. The van der Waals surface area contributed by atoms with E-state index in [0.29, 0.717) is 12.5 Å². The van der Waals surface area contributed by atoms with Gasteiger partial charge in [-0.15, -0.1) is 0 Å². The summed E-state index contributed by atoms with van der Waals surface area (Å²) in [5, 5.41) is 3.06. The summed E-state index contributed by atoms with van der Waals surface area (Å²) >= 11 is 0. The average molecular weight is 326 g/mol. The van der Waals surface area contributed by atoms with Crippen LogP contribution in [0.1, 0.15) is 19.3 Å². The Morgan fingerprint density at radius 1 is 1.33 bits per heavy atom. The molecule has 1 N–H and O–H groups in total. The lowest BCUT2D eigenvalue weighted by Crippen LogP contribution is -2.35. The molecule has 1 amide bonds. The van der Waals surface area contributed by atoms with Crippen molar-refractivity contribution in [1.29, 1.82) is 0 Å². The van der Waals surface area contributed by atoms with E-state index < -0.39 is 0 Å². The zero-order valence-corrected chi connectivity index (χ0v) is 14.3. The van der Waals surface area contributed by atoms with Gasteiger partial charge in [0.2, 0.25) is 5.91 Å². The summed E-state index contributed by atoms with van der Waals surface area (Å²) in [6, 6.07) is 9.96. The van der Waals surface area contributed by atoms with Crippen molar-refractivity contribution in [3.63, 3.8) is 0 Å². The van der Waals surface area contributed by atoms with Crippen LogP contribution in [-0.2, 0) is 11.3 Å². The number of imidazole rings is 1. The van der Waals surface area contributed by atoms with E-state index in [4.69, 9.17) is 0 Å². The smallest absolute Gasteiger partial charge is 0.239 e. The number of aromatic nitrogens is 2. The molecule has 2 aromatic rings. The number of piperidine rings is 1. The van der Waals surface area contributed by atoms with Crippen molar-refractivity contribution in [3.05, 3.63) is 42.7 Å². The first-order valence-corrected chi connectivity index (χ1v) is 8.74. The van der Waals surface area contributed by atoms with Crippen LogP contribution >= 0.6 is 0 Å². The maximum Gasteiger partial charge on any atom is 0.239 e. The van der Waals surface area contributed by atoms with Crippen LogP contribution in [0.5, 0.6) is 0 Å². The van der Waals surface area contributed by atoms with Gasteiger partial charge in [-0.3, -0.25) is 4.79 Å². The molecule has 24 heavy (non-hydrogen) atoms. The molecule has 1 saturated heterocycles. The predicted molar refractivity (Wildman–Crippen MR) is 95.5 cm³/mol. The van der Waals surface area contributed by atoms with E-state index in [9.17, 15) is 4.79 Å². The van der Waals surface area contributed by atoms with E-state index in [-0.39, 0.29) is 5.91 Å². The first kappa shape index (κ1) is 16.7. The van der Waals surface area contributed by atoms with E-state index >= 15 is 0 Å². The standard InChI is InChI=1S/C19H26N4O/c1-22-12-5-6-16(14-22)9-10-20-18(24)15-23-13-11-21-19(23)17-7-3-2-4-8-17/h2-4,7-8,11,13,16H,5-6,9-10,12,14-15H2,1H3,(H,20,24)/t16-/m1/s1. The van der Waals surface area contributed by atoms with Gasteiger partial charge < -0.3 is 14.8 Å². The van der Waals surface area contributed by atoms with Crippen LogP contribution in [-0.4, -0.2) is 47.0 Å². The van der Waals surface area contributed by atoms with Crippen LogP contribution in [0.2, 0.25) is 0 Å². The predicted octanol–water partition coefficient (Wildman–Crippen LogP) is 2.40. The lowest BCUT2D eigenvalue weighted by Gasteiger charge is -2.29. The molecular weight excluding hydrogens is 300 g/mol. The Bertz CT molecular complexity index is 652. The normalized spacial score (nSPS) is 18.5. The monoisotopic (exact) mass is 326 g/mol. The minimum atomic E-state index is 0.0503. The van der Waals surface area contributed by atoms with Crippen LogP contribution in [0, 0.1) is 5.92 Å². The Morgan fingerprint density at radius 2 is 2.17 bits per heavy atom. The lowest BCUT2D eigenvalue weighted by atomic mass is 9.95. The van der Waals surface area contributed by atoms with Crippen LogP contribution in [0.15, 0.2) is 42.7 Å². The largest absolute Gasteiger partial charge is 0.355 e. The molecule has 0 unspecified atom stereocenters. The second-order valence-electron chi connectivity index (χ2n) is 6.65. The Labute approximate surface area is 143 Å². The first-order chi connectivity index (χ1) is 11.7. The molecule has 128 valence electrons. The molecule has 3 rings (SSSR count). The number of hydrogen-bond acceptors (Lipinski definition) is 3. The van der Waals surface area contributed by atoms with Gasteiger partial charge in [-0.05, 0) is 38.8 Å². The number of carbonyl (C=O) groups is 1. The minimum absolute atomic E-state index is 0.0503. The van der Waals surface area contributed by atoms with Crippen LogP contribution in [0.3, 0.4) is 0 Å². The average Bonchev–Trinajstić information content (AvgIpc) is 3.04. The fourth-order valence-corrected chi connectivity index (χ4v) is 3.42. The van der Waals surface area contributed by atoms with E-state index in [1.165, 1.54) is 19.4 Å². The Balaban J connectivity index is 1.48. The summed E-state index contributed by atoms with van der Waals surface area (Å²) in [7, 11) is 2.18. The van der Waals surface area contributed by atoms with Crippen molar-refractivity contribution in [2.24, 2.45) is 5.92 Å². The van der Waals surface area contributed by atoms with E-state index in [0.717, 1.165) is 30.9 Å². The lowest BCUT2D eigenvalue weighted by molar-refractivity contribution is -0.121. The summed E-state index contributed by atoms with van der Waals surface area (Å²) in [6.07, 6.45) is 7.21. The van der Waals surface area contributed by atoms with Gasteiger partial charge in [-0.2, -0.15) is 0 Å². The summed E-state index contributed by atoms with van der Waals surface area (Å²) < 4.78 is 1.90. The SMILES string of the molecule is CN1CCC[C@H](CCNC(=O)Cn2ccnc2-c2ccccc2)C1. The van der Waals surface area contributed by atoms with Crippen LogP contribution < -0.4 is 5.32 Å². The van der Waals surface area contributed by atoms with Crippen molar-refractivity contribution in [2.75, 3.05) is 26.7 Å². The molecule has 0 spiro atoms. The summed E-state index contributed by atoms with van der Waals surface area (Å²) in [4.78, 5) is 19.0. The molecule has 2 heterocycles. The summed E-state index contributed by atoms with van der Waals surface area (Å²) in [6.45, 7) is 3.42. The molecule has 0 bridgehead atoms. The molecule has 1 atom stereocenters. The molecule has 1 aromatic heterocycles. The number of benzene rings is 1. The van der Waals surface area contributed by atoms with Gasteiger partial charge in [0, 0.05) is 31.0 Å². The highest BCUT2D eigenvalue weighted by molar-refractivity contribution is 5.76. The quantitative estimate of drug-likeness (QED) is 0.887. The van der Waals surface area contributed by atoms with Crippen LogP contribution in [0.4, 0.5) is 0 Å². The molecule has 1 aromatic carbocycles. The highest BCUT2D eigenvalue weighted by Gasteiger charge is 2.17. The molecule has 1 aliphatic rings. The fraction of sp³-hybridized carbons (Fsp3) is 0.474. The molecular formula is C19H26N4O. The zero-order valence-electron chi connectivity index (χ0n) is 14.3. The highest BCUT2D eigenvalue weighted by atomic mass is 16.1. The number of amides is 1. The van der Waals surface area contributed by atoms with Crippen LogP contribution in [0.25, 0.3) is 11.4 Å². The number of nitrogens with one attached hydrogen (secondary N) is 1. The van der Waals surface area contributed by atoms with Gasteiger partial charge >= 0.3 is 0 Å². The molecule has 0 aliphatic carbocycles. The number of carbonyl (C=O) groups excluding carboxylic acids is 1. The van der Waals surface area contributed by atoms with Crippen molar-refractivity contribution in [2.45, 2.75) is 25.8 Å². The number of likely N-dealkylation sites (tertiary alicyclic amines) is 1. The van der Waals surface area contributed by atoms with Crippen molar-refractivity contribution < 1.29 is 4.79 Å². The third-order valence-electron chi connectivity index (χ3n) is 4.66. The summed E-state index contributed by atoms with van der Waals surface area (Å²) in [5.41, 5.74) is 1.03. The zero-order chi connectivity index (χ0) is 16.8. The topological polar surface area (TPSA) is 50.2 Å². The molecule has 0 radical (unpaired) electrons. The van der Waals surface area contributed by atoms with Gasteiger partial charge in [-0.1, -0.05) is 30.3 Å².